The van der Waals surface area contributed by atoms with Gasteiger partial charge in [0, 0.05) is 30.3 Å². The highest BCUT2D eigenvalue weighted by atomic mass is 79.9. The van der Waals surface area contributed by atoms with Crippen LogP contribution in [0.5, 0.6) is 0 Å². The molecule has 0 aliphatic carbocycles. The smallest absolute Gasteiger partial charge is 0.340 e. The van der Waals surface area contributed by atoms with Crippen molar-refractivity contribution in [2.45, 2.75) is 32.5 Å². The van der Waals surface area contributed by atoms with Gasteiger partial charge < -0.3 is 9.47 Å². The maximum absolute atomic E-state index is 12.1. The van der Waals surface area contributed by atoms with E-state index in [9.17, 15) is 18.0 Å². The van der Waals surface area contributed by atoms with Crippen LogP contribution in [0.1, 0.15) is 36.8 Å². The van der Waals surface area contributed by atoms with Crippen molar-refractivity contribution in [2.24, 2.45) is 0 Å². The molecule has 0 atom stereocenters. The monoisotopic (exact) mass is 340 g/mol. The zero-order valence-corrected chi connectivity index (χ0v) is 12.5. The molecule has 7 heteroatoms. The van der Waals surface area contributed by atoms with Crippen LogP contribution in [-0.4, -0.2) is 35.1 Å². The van der Waals surface area contributed by atoms with Crippen LogP contribution in [0, 0.1) is 0 Å². The van der Waals surface area contributed by atoms with Gasteiger partial charge in [-0.25, -0.2) is 0 Å². The lowest BCUT2D eigenvalue weighted by Crippen LogP contribution is -2.32. The third-order valence-corrected chi connectivity index (χ3v) is 3.10. The number of rotatable bonds is 4. The van der Waals surface area contributed by atoms with Gasteiger partial charge >= 0.3 is 6.18 Å². The second-order valence-corrected chi connectivity index (χ2v) is 5.55. The molecule has 0 bridgehead atoms. The Hall–Kier alpha value is -0.980. The highest BCUT2D eigenvalue weighted by Crippen LogP contribution is 2.22. The van der Waals surface area contributed by atoms with E-state index in [1.807, 2.05) is 13.8 Å². The molecule has 1 amide bonds. The summed E-state index contributed by atoms with van der Waals surface area (Å²) in [6.07, 6.45) is -3.51. The van der Waals surface area contributed by atoms with Gasteiger partial charge in [-0.15, -0.1) is 0 Å². The Balaban J connectivity index is 2.82. The fourth-order valence-corrected chi connectivity index (χ4v) is 2.07. The van der Waals surface area contributed by atoms with E-state index in [2.05, 4.69) is 15.9 Å². The van der Waals surface area contributed by atoms with Gasteiger partial charge in [-0.3, -0.25) is 4.79 Å². The summed E-state index contributed by atoms with van der Waals surface area (Å²) in [5.74, 6) is -0.413. The van der Waals surface area contributed by atoms with Gasteiger partial charge in [0.2, 0.25) is 0 Å². The van der Waals surface area contributed by atoms with Crippen LogP contribution in [0.25, 0.3) is 0 Å². The number of aromatic nitrogens is 1. The van der Waals surface area contributed by atoms with Crippen molar-refractivity contribution < 1.29 is 18.0 Å². The summed E-state index contributed by atoms with van der Waals surface area (Å²) in [4.78, 5) is 13.2. The Labute approximate surface area is 118 Å². The molecule has 0 aliphatic rings. The fourth-order valence-electron chi connectivity index (χ4n) is 1.64. The van der Waals surface area contributed by atoms with Crippen molar-refractivity contribution in [3.63, 3.8) is 0 Å². The largest absolute Gasteiger partial charge is 0.390 e. The van der Waals surface area contributed by atoms with Crippen molar-refractivity contribution in [1.29, 1.82) is 0 Å². The molecule has 19 heavy (non-hydrogen) atoms. The average molecular weight is 341 g/mol. The van der Waals surface area contributed by atoms with E-state index in [0.29, 0.717) is 5.69 Å². The molecule has 1 rings (SSSR count). The normalized spacial score (nSPS) is 12.0. The van der Waals surface area contributed by atoms with Crippen molar-refractivity contribution >= 4 is 21.8 Å². The Morgan fingerprint density at radius 2 is 2.05 bits per heavy atom. The van der Waals surface area contributed by atoms with E-state index in [1.54, 1.807) is 16.8 Å². The predicted octanol–water partition coefficient (Wildman–Crippen LogP) is 3.86. The second kappa shape index (κ2) is 5.98. The van der Waals surface area contributed by atoms with Gasteiger partial charge in [0.1, 0.15) is 5.69 Å². The average Bonchev–Trinajstić information content (AvgIpc) is 2.66. The first-order valence-corrected chi connectivity index (χ1v) is 6.60. The lowest BCUT2D eigenvalue weighted by Gasteiger charge is -2.20. The minimum atomic E-state index is -4.25. The maximum Gasteiger partial charge on any atom is 0.390 e. The van der Waals surface area contributed by atoms with E-state index in [4.69, 9.17) is 0 Å². The molecular weight excluding hydrogens is 325 g/mol. The molecular formula is C12H16BrF3N2O. The molecule has 0 spiro atoms. The quantitative estimate of drug-likeness (QED) is 0.817. The van der Waals surface area contributed by atoms with Gasteiger partial charge in [-0.2, -0.15) is 13.2 Å². The van der Waals surface area contributed by atoms with Crippen LogP contribution in [0.3, 0.4) is 0 Å². The number of carbonyl (C=O) groups excluding carboxylic acids is 1. The van der Waals surface area contributed by atoms with E-state index >= 15 is 0 Å². The molecule has 0 saturated heterocycles. The van der Waals surface area contributed by atoms with E-state index < -0.39 is 18.5 Å². The summed E-state index contributed by atoms with van der Waals surface area (Å²) < 4.78 is 38.9. The number of alkyl halides is 3. The lowest BCUT2D eigenvalue weighted by molar-refractivity contribution is -0.136. The molecule has 0 saturated carbocycles. The van der Waals surface area contributed by atoms with Gasteiger partial charge in [0.05, 0.1) is 6.42 Å². The Kier molecular flexibility index (Phi) is 5.06. The summed E-state index contributed by atoms with van der Waals surface area (Å²) in [5, 5.41) is 0. The highest BCUT2D eigenvalue weighted by Gasteiger charge is 2.29. The molecule has 1 heterocycles. The van der Waals surface area contributed by atoms with E-state index in [0.717, 1.165) is 9.37 Å². The van der Waals surface area contributed by atoms with Crippen molar-refractivity contribution in [1.82, 2.24) is 9.47 Å². The second-order valence-electron chi connectivity index (χ2n) is 4.64. The molecule has 1 aromatic heterocycles. The third kappa shape index (κ3) is 4.56. The van der Waals surface area contributed by atoms with Crippen molar-refractivity contribution in [2.75, 3.05) is 13.6 Å². The van der Waals surface area contributed by atoms with E-state index in [1.165, 1.54) is 7.05 Å². The van der Waals surface area contributed by atoms with Gasteiger partial charge in [-0.1, -0.05) is 0 Å². The lowest BCUT2D eigenvalue weighted by atomic mass is 10.3. The number of carbonyl (C=O) groups is 1. The topological polar surface area (TPSA) is 25.2 Å². The van der Waals surface area contributed by atoms with Crippen LogP contribution < -0.4 is 0 Å². The van der Waals surface area contributed by atoms with Crippen LogP contribution in [0.15, 0.2) is 16.7 Å². The minimum Gasteiger partial charge on any atom is -0.340 e. The number of halogens is 4. The Morgan fingerprint density at radius 1 is 1.47 bits per heavy atom. The zero-order chi connectivity index (χ0) is 14.8. The molecule has 0 fully saturated rings. The first kappa shape index (κ1) is 16.1. The SMILES string of the molecule is CC(C)n1cc(Br)cc1C(=O)N(C)CCC(F)(F)F. The van der Waals surface area contributed by atoms with Crippen LogP contribution >= 0.6 is 15.9 Å². The standard InChI is InChI=1S/C12H16BrF3N2O/c1-8(2)18-7-9(13)6-10(18)11(19)17(3)5-4-12(14,15)16/h6-8H,4-5H2,1-3H3. The fraction of sp³-hybridized carbons (Fsp3) is 0.583. The maximum atomic E-state index is 12.1. The van der Waals surface area contributed by atoms with Gasteiger partial charge in [-0.05, 0) is 35.8 Å². The van der Waals surface area contributed by atoms with Crippen LogP contribution in [-0.2, 0) is 0 Å². The molecule has 0 unspecified atom stereocenters. The number of hydrogen-bond acceptors (Lipinski definition) is 1. The van der Waals surface area contributed by atoms with Crippen molar-refractivity contribution in [3.05, 3.63) is 22.4 Å². The minimum absolute atomic E-state index is 0.0567. The highest BCUT2D eigenvalue weighted by molar-refractivity contribution is 9.10. The summed E-state index contributed by atoms with van der Waals surface area (Å²) >= 11 is 3.27. The van der Waals surface area contributed by atoms with E-state index in [-0.39, 0.29) is 12.6 Å². The number of hydrogen-bond donors (Lipinski definition) is 0. The molecule has 108 valence electrons. The number of nitrogens with zero attached hydrogens (tertiary/aromatic N) is 2. The Morgan fingerprint density at radius 3 is 2.53 bits per heavy atom. The number of amides is 1. The molecule has 1 aromatic rings. The van der Waals surface area contributed by atoms with Gasteiger partial charge in [0.15, 0.2) is 0 Å². The third-order valence-electron chi connectivity index (χ3n) is 2.67. The first-order chi connectivity index (χ1) is 8.61. The molecule has 0 N–H and O–H groups in total. The van der Waals surface area contributed by atoms with Crippen LogP contribution in [0.4, 0.5) is 13.2 Å². The molecule has 3 nitrogen and oxygen atoms in total. The van der Waals surface area contributed by atoms with Crippen molar-refractivity contribution in [3.8, 4) is 0 Å². The summed E-state index contributed by atoms with van der Waals surface area (Å²) in [5.41, 5.74) is 0.381. The first-order valence-electron chi connectivity index (χ1n) is 5.81. The zero-order valence-electron chi connectivity index (χ0n) is 11.0. The Bertz CT molecular complexity index is 454. The molecule has 0 radical (unpaired) electrons. The summed E-state index contributed by atoms with van der Waals surface area (Å²) in [6.45, 7) is 3.46. The molecule has 0 aliphatic heterocycles. The summed E-state index contributed by atoms with van der Waals surface area (Å²) in [7, 11) is 1.37. The summed E-state index contributed by atoms with van der Waals surface area (Å²) in [6, 6.07) is 1.67. The molecule has 0 aromatic carbocycles. The predicted molar refractivity (Wildman–Crippen MR) is 70.1 cm³/mol. The van der Waals surface area contributed by atoms with Crippen LogP contribution in [0.2, 0.25) is 0 Å². The van der Waals surface area contributed by atoms with Gasteiger partial charge in [0.25, 0.3) is 5.91 Å².